The van der Waals surface area contributed by atoms with E-state index in [1.807, 2.05) is 0 Å². The van der Waals surface area contributed by atoms with Crippen LogP contribution in [-0.2, 0) is 25.9 Å². The van der Waals surface area contributed by atoms with Crippen molar-refractivity contribution in [2.75, 3.05) is 6.61 Å². The highest BCUT2D eigenvalue weighted by atomic mass is 32.2. The highest BCUT2D eigenvalue weighted by Crippen LogP contribution is 2.33. The molecule has 230 valence electrons. The van der Waals surface area contributed by atoms with Gasteiger partial charge in [0.2, 0.25) is 5.78 Å². The Morgan fingerprint density at radius 2 is 1.84 bits per heavy atom. The third-order valence-corrected chi connectivity index (χ3v) is 8.47. The Morgan fingerprint density at radius 1 is 1.09 bits per heavy atom. The minimum Gasteiger partial charge on any atom is -0.506 e. The maximum Gasteiger partial charge on any atom is 0.286 e. The topological polar surface area (TPSA) is 141 Å². The van der Waals surface area contributed by atoms with Crippen LogP contribution in [0.1, 0.15) is 47.7 Å². The number of sulfonamides is 1. The number of carbonyl (C=O) groups is 1. The van der Waals surface area contributed by atoms with Crippen LogP contribution in [0.15, 0.2) is 80.5 Å². The molecule has 3 aromatic rings. The molecule has 2 aliphatic heterocycles. The summed E-state index contributed by atoms with van der Waals surface area (Å²) in [7, 11) is -4.80. The molecule has 1 unspecified atom stereocenters. The SMILES string of the molecule is C[C@@H](OC1CCCCO1)C(N)=NS(=O)(=O)c1cc(C(O)=C(C(=O)c2cc(F)ccc2F)C2=Nc3ccccc3C2)ccc1F. The van der Waals surface area contributed by atoms with Gasteiger partial charge in [-0.1, -0.05) is 18.2 Å². The number of carbonyl (C=O) groups excluding carboxylic acids is 1. The van der Waals surface area contributed by atoms with Crippen LogP contribution in [0, 0.1) is 17.5 Å². The Balaban J connectivity index is 1.56. The van der Waals surface area contributed by atoms with Gasteiger partial charge in [-0.25, -0.2) is 13.2 Å². The minimum atomic E-state index is -4.80. The van der Waals surface area contributed by atoms with Crippen molar-refractivity contribution in [2.24, 2.45) is 15.1 Å². The summed E-state index contributed by atoms with van der Waals surface area (Å²) in [5.41, 5.74) is 5.57. The van der Waals surface area contributed by atoms with Crippen molar-refractivity contribution in [1.82, 2.24) is 0 Å². The number of aliphatic imine (C=N–C) groups is 1. The Bertz CT molecular complexity index is 1820. The molecule has 2 aliphatic rings. The lowest BCUT2D eigenvalue weighted by Crippen LogP contribution is -2.35. The second-order valence-electron chi connectivity index (χ2n) is 10.3. The van der Waals surface area contributed by atoms with Crippen molar-refractivity contribution in [3.63, 3.8) is 0 Å². The summed E-state index contributed by atoms with van der Waals surface area (Å²) in [5, 5.41) is 11.4. The highest BCUT2D eigenvalue weighted by molar-refractivity contribution is 7.90. The normalized spacial score (nSPS) is 18.3. The fraction of sp³-hybridized carbons (Fsp3) is 0.258. The molecule has 0 amide bonds. The molecule has 1 fully saturated rings. The van der Waals surface area contributed by atoms with Crippen LogP contribution in [0.3, 0.4) is 0 Å². The molecule has 9 nitrogen and oxygen atoms in total. The Labute approximate surface area is 251 Å². The number of benzene rings is 3. The number of para-hydroxylation sites is 1. The number of hydrogen-bond donors (Lipinski definition) is 2. The van der Waals surface area contributed by atoms with Crippen LogP contribution in [0.4, 0.5) is 18.9 Å². The predicted octanol–water partition coefficient (Wildman–Crippen LogP) is 5.56. The third-order valence-electron chi connectivity index (χ3n) is 7.15. The van der Waals surface area contributed by atoms with Crippen molar-refractivity contribution >= 4 is 38.8 Å². The number of hydrogen-bond acceptors (Lipinski definition) is 7. The summed E-state index contributed by atoms with van der Waals surface area (Å²) in [4.78, 5) is 17.1. The molecule has 3 aromatic carbocycles. The Kier molecular flexibility index (Phi) is 9.00. The van der Waals surface area contributed by atoms with E-state index in [-0.39, 0.29) is 17.7 Å². The molecule has 0 saturated carbocycles. The number of Topliss-reactive ketones (excluding diaryl/α,β-unsaturated/α-hetero) is 1. The molecule has 0 spiro atoms. The van der Waals surface area contributed by atoms with Crippen molar-refractivity contribution in [3.05, 3.63) is 100 Å². The standard InChI is InChI=1S/C31H28F3N3O6S/c1-17(43-27-8-4-5-13-42-27)31(35)37-44(40,41)26-15-19(9-11-23(26)34)29(38)28(25-14-18-6-2-3-7-24(18)36-25)30(39)21-16-20(32)10-12-22(21)33/h2-3,6-7,9-12,15-17,27,38H,4-5,8,13-14H2,1H3,(H2,35,37)/t17-,27?/m1/s1. The van der Waals surface area contributed by atoms with Crippen LogP contribution in [0.25, 0.3) is 5.76 Å². The second-order valence-corrected chi connectivity index (χ2v) is 11.8. The van der Waals surface area contributed by atoms with E-state index in [9.17, 15) is 31.5 Å². The summed E-state index contributed by atoms with van der Waals surface area (Å²) in [6.45, 7) is 1.95. The number of amidine groups is 1. The first-order chi connectivity index (χ1) is 20.9. The fourth-order valence-corrected chi connectivity index (χ4v) is 5.95. The van der Waals surface area contributed by atoms with Gasteiger partial charge in [0.25, 0.3) is 10.0 Å². The van der Waals surface area contributed by atoms with Crippen LogP contribution >= 0.6 is 0 Å². The Hall–Kier alpha value is -4.33. The molecular weight excluding hydrogens is 599 g/mol. The fourth-order valence-electron chi connectivity index (χ4n) is 4.83. The van der Waals surface area contributed by atoms with E-state index in [2.05, 4.69) is 9.39 Å². The first-order valence-corrected chi connectivity index (χ1v) is 15.1. The lowest BCUT2D eigenvalue weighted by Gasteiger charge is -2.25. The van der Waals surface area contributed by atoms with Gasteiger partial charge < -0.3 is 20.3 Å². The van der Waals surface area contributed by atoms with E-state index in [0.717, 1.165) is 43.2 Å². The molecule has 0 radical (unpaired) electrons. The number of aliphatic hydroxyl groups excluding tert-OH is 1. The molecule has 13 heteroatoms. The maximum atomic E-state index is 14.9. The zero-order valence-electron chi connectivity index (χ0n) is 23.5. The summed E-state index contributed by atoms with van der Waals surface area (Å²) < 4.78 is 84.6. The lowest BCUT2D eigenvalue weighted by molar-refractivity contribution is -0.171. The van der Waals surface area contributed by atoms with E-state index in [4.69, 9.17) is 15.2 Å². The van der Waals surface area contributed by atoms with Crippen molar-refractivity contribution < 1.29 is 41.0 Å². The number of aliphatic hydroxyl groups is 1. The Morgan fingerprint density at radius 3 is 2.57 bits per heavy atom. The van der Waals surface area contributed by atoms with Crippen LogP contribution in [0.2, 0.25) is 0 Å². The quantitative estimate of drug-likeness (QED) is 0.104. The van der Waals surface area contributed by atoms with Crippen LogP contribution in [-0.4, -0.2) is 49.9 Å². The van der Waals surface area contributed by atoms with E-state index in [1.165, 1.54) is 6.92 Å². The van der Waals surface area contributed by atoms with E-state index < -0.39 is 73.3 Å². The van der Waals surface area contributed by atoms with E-state index in [0.29, 0.717) is 30.3 Å². The largest absolute Gasteiger partial charge is 0.506 e. The zero-order chi connectivity index (χ0) is 31.6. The van der Waals surface area contributed by atoms with Gasteiger partial charge in [-0.2, -0.15) is 8.42 Å². The molecule has 3 N–H and O–H groups in total. The smallest absolute Gasteiger partial charge is 0.286 e. The molecule has 0 bridgehead atoms. The van der Waals surface area contributed by atoms with Gasteiger partial charge in [-0.15, -0.1) is 4.40 Å². The first-order valence-electron chi connectivity index (χ1n) is 13.7. The van der Waals surface area contributed by atoms with Crippen molar-refractivity contribution in [1.29, 1.82) is 0 Å². The summed E-state index contributed by atoms with van der Waals surface area (Å²) >= 11 is 0. The van der Waals surface area contributed by atoms with Crippen molar-refractivity contribution in [3.8, 4) is 0 Å². The molecule has 5 rings (SSSR count). The van der Waals surface area contributed by atoms with Crippen molar-refractivity contribution in [2.45, 2.75) is 49.9 Å². The first kappa shape index (κ1) is 31.1. The lowest BCUT2D eigenvalue weighted by atomic mass is 9.93. The predicted molar refractivity (Wildman–Crippen MR) is 157 cm³/mol. The van der Waals surface area contributed by atoms with Gasteiger partial charge in [-0.3, -0.25) is 9.79 Å². The molecule has 2 heterocycles. The van der Waals surface area contributed by atoms with Gasteiger partial charge in [0.05, 0.1) is 22.5 Å². The number of ether oxygens (including phenoxy) is 2. The van der Waals surface area contributed by atoms with E-state index >= 15 is 0 Å². The number of fused-ring (bicyclic) bond motifs is 1. The summed E-state index contributed by atoms with van der Waals surface area (Å²) in [6.07, 6.45) is 0.780. The molecular formula is C31H28F3N3O6S. The molecule has 2 atom stereocenters. The summed E-state index contributed by atoms with van der Waals surface area (Å²) in [6, 6.07) is 11.7. The average Bonchev–Trinajstić information content (AvgIpc) is 3.42. The van der Waals surface area contributed by atoms with Gasteiger partial charge in [0.15, 0.2) is 6.29 Å². The van der Waals surface area contributed by atoms with Crippen LogP contribution < -0.4 is 5.73 Å². The number of nitrogens with zero attached hydrogens (tertiary/aromatic N) is 2. The van der Waals surface area contributed by atoms with Gasteiger partial charge in [0.1, 0.15) is 40.0 Å². The molecule has 1 saturated heterocycles. The monoisotopic (exact) mass is 627 g/mol. The van der Waals surface area contributed by atoms with Gasteiger partial charge in [0, 0.05) is 18.6 Å². The van der Waals surface area contributed by atoms with E-state index in [1.54, 1.807) is 24.3 Å². The van der Waals surface area contributed by atoms with Gasteiger partial charge in [-0.05, 0) is 74.2 Å². The number of nitrogens with two attached hydrogens (primary N) is 1. The number of allylic oxidation sites excluding steroid dienone is 1. The maximum absolute atomic E-state index is 14.9. The minimum absolute atomic E-state index is 0.0178. The number of halogens is 3. The van der Waals surface area contributed by atoms with Crippen LogP contribution in [0.5, 0.6) is 0 Å². The zero-order valence-corrected chi connectivity index (χ0v) is 24.3. The number of ketones is 1. The molecule has 0 aliphatic carbocycles. The highest BCUT2D eigenvalue weighted by Gasteiger charge is 2.31. The van der Waals surface area contributed by atoms with Gasteiger partial charge >= 0.3 is 0 Å². The summed E-state index contributed by atoms with van der Waals surface area (Å²) in [5.74, 6) is -5.57. The number of rotatable bonds is 9. The third kappa shape index (κ3) is 6.59. The second kappa shape index (κ2) is 12.7. The average molecular weight is 628 g/mol. The molecule has 44 heavy (non-hydrogen) atoms. The molecule has 0 aromatic heterocycles.